The van der Waals surface area contributed by atoms with E-state index in [-0.39, 0.29) is 11.6 Å². The zero-order valence-corrected chi connectivity index (χ0v) is 11.2. The number of hydrogen-bond donors (Lipinski definition) is 0. The summed E-state index contributed by atoms with van der Waals surface area (Å²) in [6, 6.07) is 9.32. The molecule has 0 atom stereocenters. The third-order valence-corrected chi connectivity index (χ3v) is 3.79. The largest absolute Gasteiger partial charge is 0.455 e. The Hall–Kier alpha value is -1.31. The van der Waals surface area contributed by atoms with Crippen LogP contribution in [-0.2, 0) is 4.74 Å². The third kappa shape index (κ3) is 3.12. The van der Waals surface area contributed by atoms with Crippen molar-refractivity contribution < 1.29 is 9.53 Å². The second-order valence-corrected chi connectivity index (χ2v) is 5.25. The molecule has 0 heterocycles. The zero-order valence-electron chi connectivity index (χ0n) is 11.2. The lowest BCUT2D eigenvalue weighted by atomic mass is 9.81. The van der Waals surface area contributed by atoms with Crippen molar-refractivity contribution in [1.82, 2.24) is 0 Å². The number of rotatable bonds is 4. The molecule has 1 aromatic carbocycles. The highest BCUT2D eigenvalue weighted by atomic mass is 16.6. The van der Waals surface area contributed by atoms with Gasteiger partial charge in [0.15, 0.2) is 0 Å². The standard InChI is InChI=1S/C16H22O2/c1-2-11-16(12-7-4-8-13-16)18-15(17)14-9-5-3-6-10-14/h3,5-6,9-10H,2,4,7-8,11-13H2,1H3. The normalized spacial score (nSPS) is 18.3. The Balaban J connectivity index is 2.07. The molecule has 1 fully saturated rings. The SMILES string of the molecule is CCCC1(OC(=O)c2ccccc2)CCCCC1. The smallest absolute Gasteiger partial charge is 0.338 e. The fourth-order valence-corrected chi connectivity index (χ4v) is 2.88. The van der Waals surface area contributed by atoms with Gasteiger partial charge >= 0.3 is 5.97 Å². The fourth-order valence-electron chi connectivity index (χ4n) is 2.88. The quantitative estimate of drug-likeness (QED) is 0.738. The maximum Gasteiger partial charge on any atom is 0.338 e. The van der Waals surface area contributed by atoms with Crippen molar-refractivity contribution >= 4 is 5.97 Å². The number of hydrogen-bond acceptors (Lipinski definition) is 2. The van der Waals surface area contributed by atoms with E-state index in [4.69, 9.17) is 4.74 Å². The van der Waals surface area contributed by atoms with Gasteiger partial charge in [0.2, 0.25) is 0 Å². The molecule has 2 heteroatoms. The van der Waals surface area contributed by atoms with Gasteiger partial charge in [-0.15, -0.1) is 0 Å². The van der Waals surface area contributed by atoms with Crippen LogP contribution in [0.15, 0.2) is 30.3 Å². The van der Waals surface area contributed by atoms with Gasteiger partial charge in [0, 0.05) is 0 Å². The first-order valence-corrected chi connectivity index (χ1v) is 7.04. The van der Waals surface area contributed by atoms with Crippen LogP contribution in [0.1, 0.15) is 62.2 Å². The van der Waals surface area contributed by atoms with Gasteiger partial charge in [-0.05, 0) is 44.2 Å². The number of ether oxygens (including phenoxy) is 1. The first-order valence-electron chi connectivity index (χ1n) is 7.04. The minimum absolute atomic E-state index is 0.161. The van der Waals surface area contributed by atoms with Gasteiger partial charge in [0.25, 0.3) is 0 Å². The second kappa shape index (κ2) is 6.03. The first-order chi connectivity index (χ1) is 8.76. The Morgan fingerprint density at radius 2 is 1.83 bits per heavy atom. The van der Waals surface area contributed by atoms with Crippen LogP contribution in [-0.4, -0.2) is 11.6 Å². The van der Waals surface area contributed by atoms with Crippen molar-refractivity contribution in [3.8, 4) is 0 Å². The second-order valence-electron chi connectivity index (χ2n) is 5.25. The summed E-state index contributed by atoms with van der Waals surface area (Å²) in [4.78, 5) is 12.2. The van der Waals surface area contributed by atoms with E-state index in [0.717, 1.165) is 25.7 Å². The fraction of sp³-hybridized carbons (Fsp3) is 0.562. The van der Waals surface area contributed by atoms with Crippen LogP contribution in [0.3, 0.4) is 0 Å². The summed E-state index contributed by atoms with van der Waals surface area (Å²) in [6.45, 7) is 2.16. The van der Waals surface area contributed by atoms with E-state index in [2.05, 4.69) is 6.92 Å². The number of carbonyl (C=O) groups is 1. The molecule has 0 aliphatic heterocycles. The molecule has 1 aliphatic rings. The summed E-state index contributed by atoms with van der Waals surface area (Å²) in [6.07, 6.45) is 7.75. The van der Waals surface area contributed by atoms with E-state index in [0.29, 0.717) is 5.56 Å². The van der Waals surface area contributed by atoms with Gasteiger partial charge in [0.1, 0.15) is 5.60 Å². The lowest BCUT2D eigenvalue weighted by molar-refractivity contribution is -0.0426. The van der Waals surface area contributed by atoms with Crippen LogP contribution in [0.5, 0.6) is 0 Å². The number of carbonyl (C=O) groups excluding carboxylic acids is 1. The van der Waals surface area contributed by atoms with Crippen molar-refractivity contribution in [3.63, 3.8) is 0 Å². The van der Waals surface area contributed by atoms with Crippen LogP contribution in [0.4, 0.5) is 0 Å². The molecule has 0 amide bonds. The molecule has 2 rings (SSSR count). The molecule has 0 spiro atoms. The average Bonchev–Trinajstić information content (AvgIpc) is 2.41. The van der Waals surface area contributed by atoms with Crippen molar-refractivity contribution in [2.75, 3.05) is 0 Å². The van der Waals surface area contributed by atoms with Crippen molar-refractivity contribution in [2.24, 2.45) is 0 Å². The molecule has 0 unspecified atom stereocenters. The van der Waals surface area contributed by atoms with E-state index in [9.17, 15) is 4.79 Å². The Labute approximate surface area is 109 Å². The van der Waals surface area contributed by atoms with Gasteiger partial charge in [0.05, 0.1) is 5.56 Å². The minimum Gasteiger partial charge on any atom is -0.455 e. The molecule has 0 saturated heterocycles. The van der Waals surface area contributed by atoms with E-state index < -0.39 is 0 Å². The van der Waals surface area contributed by atoms with Crippen LogP contribution in [0, 0.1) is 0 Å². The highest BCUT2D eigenvalue weighted by molar-refractivity contribution is 5.89. The van der Waals surface area contributed by atoms with E-state index in [1.165, 1.54) is 19.3 Å². The molecule has 2 nitrogen and oxygen atoms in total. The topological polar surface area (TPSA) is 26.3 Å². The predicted octanol–water partition coefficient (Wildman–Crippen LogP) is 4.35. The van der Waals surface area contributed by atoms with E-state index in [1.54, 1.807) is 0 Å². The number of benzene rings is 1. The molecule has 1 aliphatic carbocycles. The summed E-state index contributed by atoms with van der Waals surface area (Å²) in [5, 5.41) is 0. The van der Waals surface area contributed by atoms with Crippen molar-refractivity contribution in [1.29, 1.82) is 0 Å². The minimum atomic E-state index is -0.195. The van der Waals surface area contributed by atoms with E-state index >= 15 is 0 Å². The van der Waals surface area contributed by atoms with Gasteiger partial charge in [-0.1, -0.05) is 38.0 Å². The van der Waals surface area contributed by atoms with E-state index in [1.807, 2.05) is 30.3 Å². The van der Waals surface area contributed by atoms with Crippen molar-refractivity contribution in [2.45, 2.75) is 57.5 Å². The van der Waals surface area contributed by atoms with Crippen LogP contribution in [0.25, 0.3) is 0 Å². The molecule has 0 bridgehead atoms. The molecule has 0 aromatic heterocycles. The lowest BCUT2D eigenvalue weighted by Crippen LogP contribution is -2.37. The Bertz CT molecular complexity index is 372. The van der Waals surface area contributed by atoms with Crippen molar-refractivity contribution in [3.05, 3.63) is 35.9 Å². The predicted molar refractivity (Wildman–Crippen MR) is 72.6 cm³/mol. The molecular formula is C16H22O2. The zero-order chi connectivity index (χ0) is 12.8. The molecule has 98 valence electrons. The maximum absolute atomic E-state index is 12.2. The lowest BCUT2D eigenvalue weighted by Gasteiger charge is -2.36. The summed E-state index contributed by atoms with van der Waals surface area (Å²) >= 11 is 0. The summed E-state index contributed by atoms with van der Waals surface area (Å²) in [5.41, 5.74) is 0.471. The Morgan fingerprint density at radius 1 is 1.17 bits per heavy atom. The van der Waals surface area contributed by atoms with Gasteiger partial charge in [-0.2, -0.15) is 0 Å². The highest BCUT2D eigenvalue weighted by Crippen LogP contribution is 2.36. The molecule has 1 saturated carbocycles. The highest BCUT2D eigenvalue weighted by Gasteiger charge is 2.35. The summed E-state index contributed by atoms with van der Waals surface area (Å²) in [7, 11) is 0. The summed E-state index contributed by atoms with van der Waals surface area (Å²) in [5.74, 6) is -0.161. The van der Waals surface area contributed by atoms with Gasteiger partial charge in [-0.25, -0.2) is 4.79 Å². The third-order valence-electron chi connectivity index (χ3n) is 3.79. The molecule has 18 heavy (non-hydrogen) atoms. The molecule has 1 aromatic rings. The van der Waals surface area contributed by atoms with Gasteiger partial charge < -0.3 is 4.74 Å². The molecule has 0 radical (unpaired) electrons. The first kappa shape index (κ1) is 13.1. The molecular weight excluding hydrogens is 224 g/mol. The van der Waals surface area contributed by atoms with Crippen LogP contribution >= 0.6 is 0 Å². The Morgan fingerprint density at radius 3 is 2.44 bits per heavy atom. The maximum atomic E-state index is 12.2. The monoisotopic (exact) mass is 246 g/mol. The number of esters is 1. The van der Waals surface area contributed by atoms with Crippen LogP contribution < -0.4 is 0 Å². The summed E-state index contributed by atoms with van der Waals surface area (Å²) < 4.78 is 5.87. The Kier molecular flexibility index (Phi) is 4.40. The van der Waals surface area contributed by atoms with Gasteiger partial charge in [-0.3, -0.25) is 0 Å². The molecule has 0 N–H and O–H groups in total. The van der Waals surface area contributed by atoms with Crippen LogP contribution in [0.2, 0.25) is 0 Å². The average molecular weight is 246 g/mol.